The van der Waals surface area contributed by atoms with E-state index in [-0.39, 0.29) is 23.6 Å². The number of benzene rings is 1. The molecule has 0 aliphatic rings. The molecule has 0 aliphatic heterocycles. The van der Waals surface area contributed by atoms with E-state index in [4.69, 9.17) is 4.74 Å². The Bertz CT molecular complexity index is 585. The van der Waals surface area contributed by atoms with E-state index in [2.05, 4.69) is 21.2 Å². The number of carbonyl (C=O) groups is 2. The van der Waals surface area contributed by atoms with Gasteiger partial charge in [-0.2, -0.15) is 0 Å². The summed E-state index contributed by atoms with van der Waals surface area (Å²) < 4.78 is 19.0. The zero-order chi connectivity index (χ0) is 16.8. The van der Waals surface area contributed by atoms with Crippen molar-refractivity contribution in [2.45, 2.75) is 32.7 Å². The lowest BCUT2D eigenvalue weighted by Gasteiger charge is -2.24. The van der Waals surface area contributed by atoms with Crippen molar-refractivity contribution in [3.8, 4) is 0 Å². The first-order valence-electron chi connectivity index (χ1n) is 6.84. The van der Waals surface area contributed by atoms with Gasteiger partial charge in [0.15, 0.2) is 6.61 Å². The van der Waals surface area contributed by atoms with Gasteiger partial charge in [0.05, 0.1) is 0 Å². The standard InChI is InChI=1S/C16H19BrFNO3/c1-4-16(2,3)19-14(20)10-22-15(21)8-5-11-9-12(17)6-7-13(11)18/h5-9H,4,10H2,1-3H3,(H,19,20)/b8-5+. The lowest BCUT2D eigenvalue weighted by molar-refractivity contribution is -0.144. The van der Waals surface area contributed by atoms with Crippen LogP contribution in [0.4, 0.5) is 4.39 Å². The van der Waals surface area contributed by atoms with Crippen molar-refractivity contribution in [3.05, 3.63) is 40.1 Å². The van der Waals surface area contributed by atoms with Crippen LogP contribution in [-0.2, 0) is 14.3 Å². The van der Waals surface area contributed by atoms with Gasteiger partial charge in [-0.05, 0) is 44.5 Å². The molecule has 120 valence electrons. The quantitative estimate of drug-likeness (QED) is 0.615. The van der Waals surface area contributed by atoms with Crippen LogP contribution in [0.25, 0.3) is 6.08 Å². The first-order valence-corrected chi connectivity index (χ1v) is 7.63. The van der Waals surface area contributed by atoms with E-state index in [0.717, 1.165) is 12.5 Å². The van der Waals surface area contributed by atoms with Crippen LogP contribution >= 0.6 is 15.9 Å². The van der Waals surface area contributed by atoms with E-state index in [1.807, 2.05) is 20.8 Å². The summed E-state index contributed by atoms with van der Waals surface area (Å²) in [5, 5.41) is 2.75. The summed E-state index contributed by atoms with van der Waals surface area (Å²) in [4.78, 5) is 23.1. The van der Waals surface area contributed by atoms with Crippen LogP contribution in [0.15, 0.2) is 28.7 Å². The van der Waals surface area contributed by atoms with E-state index in [1.165, 1.54) is 18.2 Å². The summed E-state index contributed by atoms with van der Waals surface area (Å²) in [5.41, 5.74) is -0.0958. The smallest absolute Gasteiger partial charge is 0.331 e. The molecular weight excluding hydrogens is 353 g/mol. The first-order chi connectivity index (χ1) is 10.2. The Morgan fingerprint density at radius 1 is 1.41 bits per heavy atom. The minimum Gasteiger partial charge on any atom is -0.452 e. The Hall–Kier alpha value is -1.69. The van der Waals surface area contributed by atoms with Gasteiger partial charge in [0.2, 0.25) is 0 Å². The Morgan fingerprint density at radius 3 is 2.73 bits per heavy atom. The van der Waals surface area contributed by atoms with E-state index < -0.39 is 11.8 Å². The average molecular weight is 372 g/mol. The molecule has 0 aromatic heterocycles. The molecule has 0 heterocycles. The average Bonchev–Trinajstić information content (AvgIpc) is 2.45. The maximum atomic E-state index is 13.5. The number of esters is 1. The number of ether oxygens (including phenoxy) is 1. The fourth-order valence-corrected chi connectivity index (χ4v) is 1.87. The third kappa shape index (κ3) is 6.39. The lowest BCUT2D eigenvalue weighted by atomic mass is 10.0. The minimum absolute atomic E-state index is 0.253. The fraction of sp³-hybridized carbons (Fsp3) is 0.375. The molecule has 22 heavy (non-hydrogen) atoms. The van der Waals surface area contributed by atoms with Gasteiger partial charge in [-0.15, -0.1) is 0 Å². The monoisotopic (exact) mass is 371 g/mol. The molecule has 0 radical (unpaired) electrons. The molecule has 1 N–H and O–H groups in total. The van der Waals surface area contributed by atoms with Crippen molar-refractivity contribution in [2.24, 2.45) is 0 Å². The van der Waals surface area contributed by atoms with Crippen molar-refractivity contribution in [2.75, 3.05) is 6.61 Å². The van der Waals surface area contributed by atoms with Gasteiger partial charge >= 0.3 is 5.97 Å². The van der Waals surface area contributed by atoms with Gasteiger partial charge in [-0.25, -0.2) is 9.18 Å². The summed E-state index contributed by atoms with van der Waals surface area (Å²) >= 11 is 3.22. The van der Waals surface area contributed by atoms with E-state index in [1.54, 1.807) is 6.07 Å². The highest BCUT2D eigenvalue weighted by atomic mass is 79.9. The normalized spacial score (nSPS) is 11.5. The predicted octanol–water partition coefficient (Wildman–Crippen LogP) is 3.45. The largest absolute Gasteiger partial charge is 0.452 e. The number of rotatable bonds is 6. The van der Waals surface area contributed by atoms with E-state index >= 15 is 0 Å². The fourth-order valence-electron chi connectivity index (χ4n) is 1.49. The summed E-state index contributed by atoms with van der Waals surface area (Å²) in [6, 6.07) is 4.38. The number of carbonyl (C=O) groups excluding carboxylic acids is 2. The van der Waals surface area contributed by atoms with Crippen molar-refractivity contribution in [1.29, 1.82) is 0 Å². The van der Waals surface area contributed by atoms with Gasteiger partial charge in [0.25, 0.3) is 5.91 Å². The van der Waals surface area contributed by atoms with Crippen LogP contribution in [-0.4, -0.2) is 24.0 Å². The van der Waals surface area contributed by atoms with Gasteiger partial charge in [0, 0.05) is 21.7 Å². The summed E-state index contributed by atoms with van der Waals surface area (Å²) in [7, 11) is 0. The first kappa shape index (κ1) is 18.4. The van der Waals surface area contributed by atoms with Gasteiger partial charge in [0.1, 0.15) is 5.82 Å². The lowest BCUT2D eigenvalue weighted by Crippen LogP contribution is -2.44. The Morgan fingerprint density at radius 2 is 2.09 bits per heavy atom. The molecule has 0 bridgehead atoms. The highest BCUT2D eigenvalue weighted by Gasteiger charge is 2.18. The highest BCUT2D eigenvalue weighted by molar-refractivity contribution is 9.10. The second-order valence-corrected chi connectivity index (χ2v) is 6.31. The molecule has 4 nitrogen and oxygen atoms in total. The molecule has 0 atom stereocenters. The van der Waals surface area contributed by atoms with Crippen LogP contribution in [0.5, 0.6) is 0 Å². The molecule has 1 rings (SSSR count). The molecular formula is C16H19BrFNO3. The topological polar surface area (TPSA) is 55.4 Å². The van der Waals surface area contributed by atoms with Gasteiger partial charge < -0.3 is 10.1 Å². The Labute approximate surface area is 137 Å². The second-order valence-electron chi connectivity index (χ2n) is 5.39. The molecule has 1 aromatic carbocycles. The zero-order valence-corrected chi connectivity index (χ0v) is 14.4. The molecule has 0 aliphatic carbocycles. The molecule has 0 fully saturated rings. The maximum absolute atomic E-state index is 13.5. The number of hydrogen-bond donors (Lipinski definition) is 1. The number of amides is 1. The highest BCUT2D eigenvalue weighted by Crippen LogP contribution is 2.16. The zero-order valence-electron chi connectivity index (χ0n) is 12.8. The van der Waals surface area contributed by atoms with Crippen LogP contribution in [0.3, 0.4) is 0 Å². The van der Waals surface area contributed by atoms with Crippen LogP contribution in [0.1, 0.15) is 32.8 Å². The number of nitrogens with one attached hydrogen (secondary N) is 1. The van der Waals surface area contributed by atoms with Crippen LogP contribution < -0.4 is 5.32 Å². The Kier molecular flexibility index (Phi) is 6.74. The van der Waals surface area contributed by atoms with E-state index in [9.17, 15) is 14.0 Å². The van der Waals surface area contributed by atoms with Crippen molar-refractivity contribution in [1.82, 2.24) is 5.32 Å². The third-order valence-corrected chi connectivity index (χ3v) is 3.56. The van der Waals surface area contributed by atoms with Crippen LogP contribution in [0, 0.1) is 5.82 Å². The third-order valence-electron chi connectivity index (χ3n) is 3.06. The molecule has 1 aromatic rings. The SMILES string of the molecule is CCC(C)(C)NC(=O)COC(=O)/C=C/c1cc(Br)ccc1F. The molecule has 1 amide bonds. The Balaban J connectivity index is 2.51. The van der Waals surface area contributed by atoms with Crippen molar-refractivity contribution < 1.29 is 18.7 Å². The van der Waals surface area contributed by atoms with Crippen molar-refractivity contribution >= 4 is 33.9 Å². The second kappa shape index (κ2) is 8.08. The predicted molar refractivity (Wildman–Crippen MR) is 86.6 cm³/mol. The number of halogens is 2. The van der Waals surface area contributed by atoms with Crippen LogP contribution in [0.2, 0.25) is 0 Å². The van der Waals surface area contributed by atoms with Gasteiger partial charge in [-0.1, -0.05) is 22.9 Å². The molecule has 0 spiro atoms. The molecule has 6 heteroatoms. The molecule has 0 saturated carbocycles. The summed E-state index contributed by atoms with van der Waals surface area (Å²) in [6.45, 7) is 5.33. The molecule has 0 unspecified atom stereocenters. The van der Waals surface area contributed by atoms with Crippen molar-refractivity contribution in [3.63, 3.8) is 0 Å². The van der Waals surface area contributed by atoms with Gasteiger partial charge in [-0.3, -0.25) is 4.79 Å². The summed E-state index contributed by atoms with van der Waals surface area (Å²) in [6.07, 6.45) is 3.15. The summed E-state index contributed by atoms with van der Waals surface area (Å²) in [5.74, 6) is -1.53. The van der Waals surface area contributed by atoms with E-state index in [0.29, 0.717) is 4.47 Å². The maximum Gasteiger partial charge on any atom is 0.331 e. The number of hydrogen-bond acceptors (Lipinski definition) is 3. The minimum atomic E-state index is -0.705. The molecule has 0 saturated heterocycles.